The number of hydrogen-bond donors (Lipinski definition) is 1. The molecule has 4 heteroatoms. The van der Waals surface area contributed by atoms with Gasteiger partial charge < -0.3 is 9.84 Å². The quantitative estimate of drug-likeness (QED) is 0.773. The van der Waals surface area contributed by atoms with Crippen molar-refractivity contribution in [3.63, 3.8) is 0 Å². The molecule has 1 aromatic heterocycles. The minimum absolute atomic E-state index is 0.0329. The molecule has 4 nitrogen and oxygen atoms in total. The van der Waals surface area contributed by atoms with Gasteiger partial charge in [0.05, 0.1) is 5.69 Å². The summed E-state index contributed by atoms with van der Waals surface area (Å²) in [6.45, 7) is 0.373. The van der Waals surface area contributed by atoms with Gasteiger partial charge in [-0.05, 0) is 5.56 Å². The molecule has 0 aliphatic heterocycles. The maximum atomic E-state index is 11.3. The summed E-state index contributed by atoms with van der Waals surface area (Å²) in [5.41, 5.74) is 2.41. The molecule has 0 atom stereocenters. The fourth-order valence-corrected chi connectivity index (χ4v) is 2.20. The molecular weight excluding hydrogens is 290 g/mol. The van der Waals surface area contributed by atoms with E-state index in [1.165, 1.54) is 6.07 Å². The van der Waals surface area contributed by atoms with Crippen LogP contribution in [-0.4, -0.2) is 16.1 Å². The van der Waals surface area contributed by atoms with Crippen LogP contribution in [0, 0.1) is 0 Å². The van der Waals surface area contributed by atoms with E-state index in [0.717, 1.165) is 11.1 Å². The summed E-state index contributed by atoms with van der Waals surface area (Å²) < 4.78 is 5.74. The van der Waals surface area contributed by atoms with Crippen LogP contribution >= 0.6 is 0 Å². The summed E-state index contributed by atoms with van der Waals surface area (Å²) in [5, 5.41) is 9.25. The Morgan fingerprint density at radius 1 is 0.957 bits per heavy atom. The first-order chi connectivity index (χ1) is 11.2. The Labute approximate surface area is 134 Å². The van der Waals surface area contributed by atoms with E-state index in [1.54, 1.807) is 6.07 Å². The molecule has 114 valence electrons. The molecule has 3 aromatic rings. The first kappa shape index (κ1) is 14.8. The molecule has 0 unspecified atom stereocenters. The zero-order valence-electron chi connectivity index (χ0n) is 12.3. The van der Waals surface area contributed by atoms with Gasteiger partial charge >= 0.3 is 5.97 Å². The number of hydrogen-bond acceptors (Lipinski definition) is 3. The highest BCUT2D eigenvalue weighted by Gasteiger charge is 2.11. The van der Waals surface area contributed by atoms with Crippen LogP contribution in [0.15, 0.2) is 72.8 Å². The summed E-state index contributed by atoms with van der Waals surface area (Å²) in [6.07, 6.45) is 0. The maximum absolute atomic E-state index is 11.3. The zero-order chi connectivity index (χ0) is 16.1. The Morgan fingerprint density at radius 3 is 2.26 bits per heavy atom. The molecule has 2 aromatic carbocycles. The van der Waals surface area contributed by atoms with Gasteiger partial charge in [0, 0.05) is 17.7 Å². The van der Waals surface area contributed by atoms with E-state index in [4.69, 9.17) is 4.74 Å². The predicted octanol–water partition coefficient (Wildman–Crippen LogP) is 4.03. The average Bonchev–Trinajstić information content (AvgIpc) is 2.61. The summed E-state index contributed by atoms with van der Waals surface area (Å²) >= 11 is 0. The van der Waals surface area contributed by atoms with Gasteiger partial charge in [-0.25, -0.2) is 9.78 Å². The second kappa shape index (κ2) is 6.75. The number of aromatic nitrogens is 1. The number of pyridine rings is 1. The van der Waals surface area contributed by atoms with Crippen molar-refractivity contribution in [2.75, 3.05) is 0 Å². The molecule has 23 heavy (non-hydrogen) atoms. The summed E-state index contributed by atoms with van der Waals surface area (Å²) in [7, 11) is 0. The van der Waals surface area contributed by atoms with Gasteiger partial charge in [0.15, 0.2) is 5.69 Å². The number of rotatable bonds is 5. The lowest BCUT2D eigenvalue weighted by Gasteiger charge is -2.09. The van der Waals surface area contributed by atoms with Gasteiger partial charge in [-0.2, -0.15) is 0 Å². The number of benzene rings is 2. The summed E-state index contributed by atoms with van der Waals surface area (Å²) in [4.78, 5) is 15.5. The van der Waals surface area contributed by atoms with Crippen molar-refractivity contribution in [2.45, 2.75) is 6.61 Å². The van der Waals surface area contributed by atoms with Crippen LogP contribution in [0.5, 0.6) is 5.75 Å². The molecular formula is C19H15NO3. The van der Waals surface area contributed by atoms with Crippen LogP contribution in [0.1, 0.15) is 16.1 Å². The molecule has 0 aliphatic carbocycles. The van der Waals surface area contributed by atoms with Gasteiger partial charge in [-0.3, -0.25) is 0 Å². The molecule has 0 amide bonds. The van der Waals surface area contributed by atoms with Crippen molar-refractivity contribution >= 4 is 5.97 Å². The number of carboxylic acid groups (broad SMARTS) is 1. The Balaban J connectivity index is 1.90. The summed E-state index contributed by atoms with van der Waals surface area (Å²) in [5.74, 6) is -0.590. The molecule has 0 radical (unpaired) electrons. The largest absolute Gasteiger partial charge is 0.489 e. The second-order valence-corrected chi connectivity index (χ2v) is 5.02. The van der Waals surface area contributed by atoms with Crippen LogP contribution in [0.3, 0.4) is 0 Å². The van der Waals surface area contributed by atoms with Gasteiger partial charge in [-0.1, -0.05) is 60.7 Å². The third-order valence-corrected chi connectivity index (χ3v) is 3.34. The van der Waals surface area contributed by atoms with E-state index in [2.05, 4.69) is 4.98 Å². The fourth-order valence-electron chi connectivity index (χ4n) is 2.20. The Bertz CT molecular complexity index is 801. The molecule has 3 rings (SSSR count). The van der Waals surface area contributed by atoms with Gasteiger partial charge in [0.2, 0.25) is 0 Å². The topological polar surface area (TPSA) is 59.4 Å². The highest BCUT2D eigenvalue weighted by molar-refractivity contribution is 5.86. The number of aromatic carboxylic acids is 1. The van der Waals surface area contributed by atoms with Crippen molar-refractivity contribution in [1.82, 2.24) is 4.98 Å². The first-order valence-electron chi connectivity index (χ1n) is 7.20. The molecule has 1 heterocycles. The predicted molar refractivity (Wildman–Crippen MR) is 87.4 cm³/mol. The van der Waals surface area contributed by atoms with E-state index in [1.807, 2.05) is 60.7 Å². The van der Waals surface area contributed by atoms with Crippen molar-refractivity contribution < 1.29 is 14.6 Å². The van der Waals surface area contributed by atoms with Crippen LogP contribution < -0.4 is 4.74 Å². The molecule has 0 spiro atoms. The smallest absolute Gasteiger partial charge is 0.354 e. The molecule has 1 N–H and O–H groups in total. The minimum atomic E-state index is -1.08. The van der Waals surface area contributed by atoms with Crippen LogP contribution in [0.25, 0.3) is 11.3 Å². The summed E-state index contributed by atoms with van der Waals surface area (Å²) in [6, 6.07) is 22.3. The normalized spacial score (nSPS) is 10.3. The van der Waals surface area contributed by atoms with Gasteiger partial charge in [-0.15, -0.1) is 0 Å². The first-order valence-corrected chi connectivity index (χ1v) is 7.20. The standard InChI is InChI=1S/C19H15NO3/c21-19(22)18-12-16(23-13-14-7-3-1-4-8-14)11-17(20-18)15-9-5-2-6-10-15/h1-12H,13H2,(H,21,22). The van der Waals surface area contributed by atoms with E-state index in [-0.39, 0.29) is 5.69 Å². The lowest BCUT2D eigenvalue weighted by Crippen LogP contribution is -2.03. The van der Waals surface area contributed by atoms with E-state index < -0.39 is 5.97 Å². The third kappa shape index (κ3) is 3.74. The Hall–Kier alpha value is -3.14. The third-order valence-electron chi connectivity index (χ3n) is 3.34. The SMILES string of the molecule is O=C(O)c1cc(OCc2ccccc2)cc(-c2ccccc2)n1. The molecule has 0 saturated carbocycles. The Kier molecular flexibility index (Phi) is 4.34. The molecule has 0 fully saturated rings. The van der Waals surface area contributed by atoms with E-state index in [9.17, 15) is 9.90 Å². The fraction of sp³-hybridized carbons (Fsp3) is 0.0526. The number of carbonyl (C=O) groups is 1. The van der Waals surface area contributed by atoms with Crippen molar-refractivity contribution in [3.05, 3.63) is 84.1 Å². The van der Waals surface area contributed by atoms with Crippen LogP contribution in [0.2, 0.25) is 0 Å². The molecule has 0 bridgehead atoms. The van der Waals surface area contributed by atoms with Gasteiger partial charge in [0.25, 0.3) is 0 Å². The average molecular weight is 305 g/mol. The maximum Gasteiger partial charge on any atom is 0.354 e. The molecule has 0 aliphatic rings. The van der Waals surface area contributed by atoms with Crippen LogP contribution in [-0.2, 0) is 6.61 Å². The second-order valence-electron chi connectivity index (χ2n) is 5.02. The number of ether oxygens (including phenoxy) is 1. The highest BCUT2D eigenvalue weighted by atomic mass is 16.5. The van der Waals surface area contributed by atoms with Crippen molar-refractivity contribution in [1.29, 1.82) is 0 Å². The minimum Gasteiger partial charge on any atom is -0.489 e. The van der Waals surface area contributed by atoms with E-state index >= 15 is 0 Å². The highest BCUT2D eigenvalue weighted by Crippen LogP contribution is 2.24. The molecule has 0 saturated heterocycles. The number of nitrogens with zero attached hydrogens (tertiary/aromatic N) is 1. The van der Waals surface area contributed by atoms with Gasteiger partial charge in [0.1, 0.15) is 12.4 Å². The lowest BCUT2D eigenvalue weighted by molar-refractivity contribution is 0.0690. The Morgan fingerprint density at radius 2 is 1.61 bits per heavy atom. The lowest BCUT2D eigenvalue weighted by atomic mass is 10.1. The van der Waals surface area contributed by atoms with Crippen molar-refractivity contribution in [2.24, 2.45) is 0 Å². The zero-order valence-corrected chi connectivity index (χ0v) is 12.3. The monoisotopic (exact) mass is 305 g/mol. The van der Waals surface area contributed by atoms with Crippen molar-refractivity contribution in [3.8, 4) is 17.0 Å². The van der Waals surface area contributed by atoms with E-state index in [0.29, 0.717) is 18.1 Å². The van der Waals surface area contributed by atoms with Crippen LogP contribution in [0.4, 0.5) is 0 Å². The number of carboxylic acids is 1.